The van der Waals surface area contributed by atoms with Crippen LogP contribution in [0.15, 0.2) is 104 Å². The van der Waals surface area contributed by atoms with E-state index in [-0.39, 0.29) is 31.4 Å². The van der Waals surface area contributed by atoms with Crippen molar-refractivity contribution in [2.45, 2.75) is 51.2 Å². The van der Waals surface area contributed by atoms with Gasteiger partial charge in [0.15, 0.2) is 23.1 Å². The molecule has 1 aliphatic rings. The molecule has 5 aromatic rings. The molecule has 2 aromatic heterocycles. The first-order valence-corrected chi connectivity index (χ1v) is 16.0. The molecule has 0 aliphatic heterocycles. The van der Waals surface area contributed by atoms with Crippen LogP contribution >= 0.6 is 0 Å². The summed E-state index contributed by atoms with van der Waals surface area (Å²) in [5, 5.41) is 2.80. The Balaban J connectivity index is 1.38. The normalized spacial score (nSPS) is 20.1. The third-order valence-electron chi connectivity index (χ3n) is 8.35. The summed E-state index contributed by atoms with van der Waals surface area (Å²) >= 11 is 0. The summed E-state index contributed by atoms with van der Waals surface area (Å²) in [6, 6.07) is 25.9. The van der Waals surface area contributed by atoms with Gasteiger partial charge in [0.05, 0.1) is 31.1 Å². The fourth-order valence-corrected chi connectivity index (χ4v) is 6.13. The van der Waals surface area contributed by atoms with Gasteiger partial charge in [-0.15, -0.1) is 0 Å². The lowest BCUT2D eigenvalue weighted by Gasteiger charge is -2.45. The second-order valence-electron chi connectivity index (χ2n) is 11.8. The molecule has 1 aliphatic carbocycles. The first kappa shape index (κ1) is 33.9. The minimum absolute atomic E-state index is 0.104. The molecule has 13 heteroatoms. The van der Waals surface area contributed by atoms with E-state index in [1.54, 1.807) is 59.2 Å². The maximum absolute atomic E-state index is 13.0. The van der Waals surface area contributed by atoms with Gasteiger partial charge in [-0.1, -0.05) is 66.7 Å². The summed E-state index contributed by atoms with van der Waals surface area (Å²) in [6.07, 6.45) is 0.0476. The fraction of sp³-hybridized carbons (Fsp3) is 0.270. The Morgan fingerprint density at radius 1 is 0.760 bits per heavy atom. The Kier molecular flexibility index (Phi) is 10.5. The Bertz CT molecular complexity index is 1950. The van der Waals surface area contributed by atoms with Crippen LogP contribution in [-0.2, 0) is 35.1 Å². The van der Waals surface area contributed by atoms with Gasteiger partial charge in [-0.3, -0.25) is 14.4 Å². The summed E-state index contributed by atoms with van der Waals surface area (Å²) in [4.78, 5) is 64.5. The number of nitrogens with zero attached hydrogens (tertiary/aromatic N) is 4. The molecular weight excluding hydrogens is 642 g/mol. The molecule has 1 amide bonds. The molecule has 5 atom stereocenters. The average molecular weight is 678 g/mol. The van der Waals surface area contributed by atoms with Crippen molar-refractivity contribution in [3.05, 3.63) is 120 Å². The van der Waals surface area contributed by atoms with Crippen LogP contribution in [0.2, 0.25) is 0 Å². The molecule has 50 heavy (non-hydrogen) atoms. The number of hydrogen-bond acceptors (Lipinski definition) is 11. The number of hydrogen-bond donors (Lipinski definition) is 1. The van der Waals surface area contributed by atoms with Gasteiger partial charge in [0, 0.05) is 25.3 Å². The molecule has 1 fully saturated rings. The van der Waals surface area contributed by atoms with E-state index >= 15 is 0 Å². The van der Waals surface area contributed by atoms with E-state index in [0.29, 0.717) is 22.3 Å². The number of nitrogens with one attached hydrogen (secondary N) is 1. The Labute approximate surface area is 287 Å². The molecule has 6 rings (SSSR count). The zero-order chi connectivity index (χ0) is 35.0. The topological polar surface area (TPSA) is 161 Å². The zero-order valence-electron chi connectivity index (χ0n) is 27.4. The highest BCUT2D eigenvalue weighted by atomic mass is 16.6. The highest BCUT2D eigenvalue weighted by Gasteiger charge is 2.51. The zero-order valence-corrected chi connectivity index (χ0v) is 27.4. The molecule has 0 radical (unpaired) electrons. The van der Waals surface area contributed by atoms with E-state index < -0.39 is 48.2 Å². The van der Waals surface area contributed by atoms with Crippen molar-refractivity contribution >= 4 is 40.8 Å². The number of rotatable bonds is 11. The lowest BCUT2D eigenvalue weighted by Crippen LogP contribution is -2.56. The van der Waals surface area contributed by atoms with Crippen molar-refractivity contribution < 1.29 is 38.1 Å². The van der Waals surface area contributed by atoms with Crippen molar-refractivity contribution in [2.24, 2.45) is 5.92 Å². The number of fused-ring (bicyclic) bond motifs is 1. The van der Waals surface area contributed by atoms with Crippen molar-refractivity contribution in [3.63, 3.8) is 0 Å². The minimum atomic E-state index is -1.00. The quantitative estimate of drug-likeness (QED) is 0.149. The van der Waals surface area contributed by atoms with E-state index in [2.05, 4.69) is 20.3 Å². The van der Waals surface area contributed by atoms with Crippen molar-refractivity contribution in [3.8, 4) is 0 Å². The molecule has 0 spiro atoms. The highest BCUT2D eigenvalue weighted by Crippen LogP contribution is 2.41. The molecule has 256 valence electrons. The summed E-state index contributed by atoms with van der Waals surface area (Å²) in [7, 11) is 0. The number of amides is 1. The van der Waals surface area contributed by atoms with E-state index in [1.807, 2.05) is 36.4 Å². The van der Waals surface area contributed by atoms with E-state index in [4.69, 9.17) is 18.9 Å². The number of benzene rings is 3. The second-order valence-corrected chi connectivity index (χ2v) is 11.8. The van der Waals surface area contributed by atoms with Crippen LogP contribution in [-0.4, -0.2) is 68.3 Å². The lowest BCUT2D eigenvalue weighted by molar-refractivity contribution is -0.204. The number of imidazole rings is 1. The summed E-state index contributed by atoms with van der Waals surface area (Å²) in [6.45, 7) is 2.53. The molecule has 1 N–H and O–H groups in total. The second kappa shape index (κ2) is 15.5. The average Bonchev–Trinajstić information content (AvgIpc) is 3.56. The monoisotopic (exact) mass is 677 g/mol. The SMILES string of the molecule is CC(=O)O[C@@H]1[C@@H](COC(=O)c2ccccc2)C[C@@H](n2cnc3c(NC(=O)c4ccccc4)ncnc32)[C@H](OC(C)=O)[C@H]1OCc1ccccc1. The Morgan fingerprint density at radius 2 is 1.38 bits per heavy atom. The van der Waals surface area contributed by atoms with Crippen LogP contribution in [0.4, 0.5) is 5.82 Å². The number of ether oxygens (including phenoxy) is 4. The molecule has 0 saturated heterocycles. The molecule has 13 nitrogen and oxygen atoms in total. The number of esters is 3. The molecule has 0 bridgehead atoms. The maximum atomic E-state index is 13.0. The number of aromatic nitrogens is 4. The van der Waals surface area contributed by atoms with Gasteiger partial charge in [-0.05, 0) is 36.2 Å². The Hall–Kier alpha value is -5.95. The van der Waals surface area contributed by atoms with Crippen molar-refractivity contribution in [1.29, 1.82) is 0 Å². The van der Waals surface area contributed by atoms with Crippen LogP contribution in [0.1, 0.15) is 52.6 Å². The lowest BCUT2D eigenvalue weighted by atomic mass is 9.79. The summed E-state index contributed by atoms with van der Waals surface area (Å²) in [5.74, 6) is -2.52. The van der Waals surface area contributed by atoms with Crippen LogP contribution < -0.4 is 5.32 Å². The van der Waals surface area contributed by atoms with Crippen molar-refractivity contribution in [1.82, 2.24) is 19.5 Å². The van der Waals surface area contributed by atoms with Crippen LogP contribution in [0, 0.1) is 5.92 Å². The predicted molar refractivity (Wildman–Crippen MR) is 180 cm³/mol. The van der Waals surface area contributed by atoms with E-state index in [0.717, 1.165) is 5.56 Å². The van der Waals surface area contributed by atoms with E-state index in [9.17, 15) is 19.2 Å². The maximum Gasteiger partial charge on any atom is 0.338 e. The molecule has 3 aromatic carbocycles. The number of carbonyl (C=O) groups is 4. The molecular formula is C37H35N5O8. The standard InChI is InChI=1S/C37H35N5O8/c1-23(43)49-31-28(20-48-37(46)27-16-10-5-11-17-27)18-29(32(50-24(2)44)33(31)47-19-25-12-6-3-7-13-25)42-22-40-30-34(38-21-39-35(30)42)41-36(45)26-14-8-4-9-15-26/h3-17,21-22,28-29,31-33H,18-20H2,1-2H3,(H,38,39,41,45)/t28-,29-,31-,32+,33+/m1/s1. The van der Waals surface area contributed by atoms with Gasteiger partial charge >= 0.3 is 17.9 Å². The van der Waals surface area contributed by atoms with Crippen LogP contribution in [0.25, 0.3) is 11.2 Å². The van der Waals surface area contributed by atoms with Gasteiger partial charge in [-0.2, -0.15) is 0 Å². The molecule has 1 saturated carbocycles. The minimum Gasteiger partial charge on any atom is -0.462 e. The molecule has 2 heterocycles. The number of anilines is 1. The van der Waals surface area contributed by atoms with Gasteiger partial charge < -0.3 is 28.8 Å². The third-order valence-corrected chi connectivity index (χ3v) is 8.35. The number of carbonyl (C=O) groups excluding carboxylic acids is 4. The van der Waals surface area contributed by atoms with Crippen LogP contribution in [0.3, 0.4) is 0 Å². The third kappa shape index (κ3) is 7.84. The Morgan fingerprint density at radius 3 is 2.04 bits per heavy atom. The van der Waals surface area contributed by atoms with Gasteiger partial charge in [-0.25, -0.2) is 19.7 Å². The summed E-state index contributed by atoms with van der Waals surface area (Å²) in [5.41, 5.74) is 2.28. The van der Waals surface area contributed by atoms with E-state index in [1.165, 1.54) is 26.5 Å². The first-order chi connectivity index (χ1) is 24.3. The van der Waals surface area contributed by atoms with Crippen molar-refractivity contribution in [2.75, 3.05) is 11.9 Å². The van der Waals surface area contributed by atoms with Gasteiger partial charge in [0.25, 0.3) is 5.91 Å². The largest absolute Gasteiger partial charge is 0.462 e. The molecule has 0 unspecified atom stereocenters. The summed E-state index contributed by atoms with van der Waals surface area (Å²) < 4.78 is 25.8. The first-order valence-electron chi connectivity index (χ1n) is 16.0. The highest BCUT2D eigenvalue weighted by molar-refractivity contribution is 6.06. The van der Waals surface area contributed by atoms with Crippen LogP contribution in [0.5, 0.6) is 0 Å². The smallest absolute Gasteiger partial charge is 0.338 e. The fourth-order valence-electron chi connectivity index (χ4n) is 6.13. The van der Waals surface area contributed by atoms with Gasteiger partial charge in [0.1, 0.15) is 18.5 Å². The van der Waals surface area contributed by atoms with Gasteiger partial charge in [0.2, 0.25) is 0 Å². The predicted octanol–water partition coefficient (Wildman–Crippen LogP) is 4.95.